The first-order valence-electron chi connectivity index (χ1n) is 8.77. The lowest BCUT2D eigenvalue weighted by Gasteiger charge is -2.11. The summed E-state index contributed by atoms with van der Waals surface area (Å²) in [5, 5.41) is 0.841. The fourth-order valence-electron chi connectivity index (χ4n) is 3.43. The summed E-state index contributed by atoms with van der Waals surface area (Å²) in [5.41, 5.74) is 3.08. The fourth-order valence-corrected chi connectivity index (χ4v) is 4.49. The van der Waals surface area contributed by atoms with E-state index in [4.69, 9.17) is 0 Å². The van der Waals surface area contributed by atoms with Gasteiger partial charge in [0.15, 0.2) is 0 Å². The number of anilines is 1. The van der Waals surface area contributed by atoms with Crippen molar-refractivity contribution in [3.05, 3.63) is 69.5 Å². The minimum absolute atomic E-state index is 0.0717. The van der Waals surface area contributed by atoms with Crippen molar-refractivity contribution in [1.29, 1.82) is 0 Å². The van der Waals surface area contributed by atoms with Crippen LogP contribution in [0.1, 0.15) is 16.7 Å². The van der Waals surface area contributed by atoms with Crippen molar-refractivity contribution in [3.8, 4) is 0 Å². The van der Waals surface area contributed by atoms with Gasteiger partial charge < -0.3 is 9.88 Å². The number of hydrogen-bond acceptors (Lipinski definition) is 4. The van der Waals surface area contributed by atoms with E-state index in [1.807, 2.05) is 25.1 Å². The van der Waals surface area contributed by atoms with Crippen LogP contribution in [0.15, 0.2) is 52.2 Å². The lowest BCUT2D eigenvalue weighted by atomic mass is 10.1. The van der Waals surface area contributed by atoms with Gasteiger partial charge in [0, 0.05) is 24.8 Å². The predicted molar refractivity (Wildman–Crippen MR) is 107 cm³/mol. The molecule has 1 aromatic heterocycles. The second-order valence-corrected chi connectivity index (χ2v) is 8.67. The maximum atomic E-state index is 12.7. The Morgan fingerprint density at radius 2 is 1.93 bits per heavy atom. The number of H-pyrrole nitrogens is 1. The van der Waals surface area contributed by atoms with E-state index in [1.165, 1.54) is 17.0 Å². The molecule has 1 aliphatic heterocycles. The van der Waals surface area contributed by atoms with Crippen molar-refractivity contribution < 1.29 is 13.2 Å². The standard InChI is InChI=1S/C20H19N3O4S/c1-12-4-3-5-13-8-15(20(25)22-19(12)13)11-21-28(26,27)16-6-7-17-14(9-16)10-18(24)23(17)2/h3-9,21H,10-11H2,1-2H3,(H,22,25). The first kappa shape index (κ1) is 18.4. The number of carbonyl (C=O) groups excluding carboxylic acids is 1. The molecule has 2 N–H and O–H groups in total. The molecule has 0 spiro atoms. The highest BCUT2D eigenvalue weighted by molar-refractivity contribution is 7.89. The van der Waals surface area contributed by atoms with E-state index in [9.17, 15) is 18.0 Å². The second-order valence-electron chi connectivity index (χ2n) is 6.91. The average molecular weight is 397 g/mol. The normalized spacial score (nSPS) is 13.9. The smallest absolute Gasteiger partial charge is 0.252 e. The number of para-hydroxylation sites is 1. The minimum Gasteiger partial charge on any atom is -0.321 e. The van der Waals surface area contributed by atoms with Crippen molar-refractivity contribution in [2.45, 2.75) is 24.8 Å². The summed E-state index contributed by atoms with van der Waals surface area (Å²) in [6.07, 6.45) is 0.179. The second kappa shape index (κ2) is 6.57. The van der Waals surface area contributed by atoms with Crippen LogP contribution in [-0.2, 0) is 27.8 Å². The maximum absolute atomic E-state index is 12.7. The Hall–Kier alpha value is -2.97. The van der Waals surface area contributed by atoms with E-state index in [2.05, 4.69) is 9.71 Å². The Labute approximate surface area is 162 Å². The lowest BCUT2D eigenvalue weighted by Crippen LogP contribution is -2.27. The van der Waals surface area contributed by atoms with Gasteiger partial charge in [-0.1, -0.05) is 18.2 Å². The van der Waals surface area contributed by atoms with Gasteiger partial charge in [-0.3, -0.25) is 9.59 Å². The summed E-state index contributed by atoms with van der Waals surface area (Å²) >= 11 is 0. The summed E-state index contributed by atoms with van der Waals surface area (Å²) in [6, 6.07) is 11.9. The molecule has 0 fully saturated rings. The Kier molecular flexibility index (Phi) is 4.32. The molecule has 4 rings (SSSR count). The molecule has 28 heavy (non-hydrogen) atoms. The highest BCUT2D eigenvalue weighted by Crippen LogP contribution is 2.29. The van der Waals surface area contributed by atoms with E-state index >= 15 is 0 Å². The molecule has 0 saturated carbocycles. The lowest BCUT2D eigenvalue weighted by molar-refractivity contribution is -0.117. The number of nitrogens with one attached hydrogen (secondary N) is 2. The van der Waals surface area contributed by atoms with Gasteiger partial charge in [0.05, 0.1) is 16.8 Å². The Bertz CT molecular complexity index is 1280. The third kappa shape index (κ3) is 3.10. The molecule has 1 amide bonds. The average Bonchev–Trinajstić information content (AvgIpc) is 2.94. The number of pyridine rings is 1. The number of rotatable bonds is 4. The number of sulfonamides is 1. The topological polar surface area (TPSA) is 99.3 Å². The molecule has 2 heterocycles. The zero-order chi connectivity index (χ0) is 20.1. The zero-order valence-corrected chi connectivity index (χ0v) is 16.3. The van der Waals surface area contributed by atoms with Gasteiger partial charge >= 0.3 is 0 Å². The predicted octanol–water partition coefficient (Wildman–Crippen LogP) is 1.83. The third-order valence-electron chi connectivity index (χ3n) is 5.06. The Morgan fingerprint density at radius 3 is 2.71 bits per heavy atom. The molecule has 0 atom stereocenters. The van der Waals surface area contributed by atoms with Gasteiger partial charge in [-0.05, 0) is 47.7 Å². The number of fused-ring (bicyclic) bond motifs is 2. The van der Waals surface area contributed by atoms with E-state index < -0.39 is 10.0 Å². The van der Waals surface area contributed by atoms with Crippen molar-refractivity contribution >= 4 is 32.5 Å². The molecule has 8 heteroatoms. The van der Waals surface area contributed by atoms with Crippen LogP contribution < -0.4 is 15.2 Å². The number of likely N-dealkylation sites (N-methyl/N-ethyl adjacent to an activating group) is 1. The van der Waals surface area contributed by atoms with Crippen molar-refractivity contribution in [3.63, 3.8) is 0 Å². The van der Waals surface area contributed by atoms with E-state index in [-0.39, 0.29) is 29.3 Å². The van der Waals surface area contributed by atoms with E-state index in [1.54, 1.807) is 19.2 Å². The van der Waals surface area contributed by atoms with Crippen LogP contribution in [0, 0.1) is 6.92 Å². The van der Waals surface area contributed by atoms with Gasteiger partial charge in [0.2, 0.25) is 15.9 Å². The van der Waals surface area contributed by atoms with E-state index in [0.717, 1.165) is 16.5 Å². The van der Waals surface area contributed by atoms with Gasteiger partial charge in [0.1, 0.15) is 0 Å². The van der Waals surface area contributed by atoms with E-state index in [0.29, 0.717) is 16.8 Å². The fraction of sp³-hybridized carbons (Fsp3) is 0.200. The number of aromatic amines is 1. The molecule has 144 valence electrons. The third-order valence-corrected chi connectivity index (χ3v) is 6.45. The molecular weight excluding hydrogens is 378 g/mol. The highest BCUT2D eigenvalue weighted by Gasteiger charge is 2.26. The summed E-state index contributed by atoms with van der Waals surface area (Å²) in [5.74, 6) is -0.0736. The zero-order valence-electron chi connectivity index (χ0n) is 15.4. The largest absolute Gasteiger partial charge is 0.321 e. The number of hydrogen-bond donors (Lipinski definition) is 2. The first-order chi connectivity index (χ1) is 13.3. The van der Waals surface area contributed by atoms with Crippen LogP contribution in [0.4, 0.5) is 5.69 Å². The Balaban J connectivity index is 1.61. The quantitative estimate of drug-likeness (QED) is 0.702. The highest BCUT2D eigenvalue weighted by atomic mass is 32.2. The molecule has 3 aromatic rings. The molecule has 0 aliphatic carbocycles. The summed E-state index contributed by atoms with van der Waals surface area (Å²) in [4.78, 5) is 28.5. The van der Waals surface area contributed by atoms with Gasteiger partial charge in [-0.2, -0.15) is 0 Å². The Morgan fingerprint density at radius 1 is 1.14 bits per heavy atom. The van der Waals surface area contributed by atoms with Gasteiger partial charge in [0.25, 0.3) is 5.56 Å². The summed E-state index contributed by atoms with van der Waals surface area (Å²) in [6.45, 7) is 1.77. The van der Waals surface area contributed by atoms with Crippen molar-refractivity contribution in [2.24, 2.45) is 0 Å². The number of aryl methyl sites for hydroxylation is 1. The SMILES string of the molecule is Cc1cccc2cc(CNS(=O)(=O)c3ccc4c(c3)CC(=O)N4C)c(=O)[nH]c12. The summed E-state index contributed by atoms with van der Waals surface area (Å²) < 4.78 is 27.8. The van der Waals surface area contributed by atoms with Crippen LogP contribution in [0.2, 0.25) is 0 Å². The van der Waals surface area contributed by atoms with Gasteiger partial charge in [-0.25, -0.2) is 13.1 Å². The van der Waals surface area contributed by atoms with Crippen LogP contribution in [0.5, 0.6) is 0 Å². The molecule has 1 aliphatic rings. The molecule has 0 radical (unpaired) electrons. The van der Waals surface area contributed by atoms with Crippen molar-refractivity contribution in [2.75, 3.05) is 11.9 Å². The summed E-state index contributed by atoms with van der Waals surface area (Å²) in [7, 11) is -2.16. The number of carbonyl (C=O) groups is 1. The number of aromatic nitrogens is 1. The minimum atomic E-state index is -3.83. The molecule has 0 saturated heterocycles. The number of amides is 1. The molecule has 0 unspecified atom stereocenters. The van der Waals surface area contributed by atoms with Crippen LogP contribution in [0.3, 0.4) is 0 Å². The number of nitrogens with zero attached hydrogens (tertiary/aromatic N) is 1. The molecular formula is C20H19N3O4S. The first-order valence-corrected chi connectivity index (χ1v) is 10.3. The maximum Gasteiger partial charge on any atom is 0.252 e. The number of benzene rings is 2. The molecule has 7 nitrogen and oxygen atoms in total. The van der Waals surface area contributed by atoms with Crippen LogP contribution >= 0.6 is 0 Å². The van der Waals surface area contributed by atoms with Crippen molar-refractivity contribution in [1.82, 2.24) is 9.71 Å². The monoisotopic (exact) mass is 397 g/mol. The van der Waals surface area contributed by atoms with Crippen LogP contribution in [-0.4, -0.2) is 26.4 Å². The molecule has 0 bridgehead atoms. The van der Waals surface area contributed by atoms with Crippen LogP contribution in [0.25, 0.3) is 10.9 Å². The van der Waals surface area contributed by atoms with Gasteiger partial charge in [-0.15, -0.1) is 0 Å². The molecule has 2 aromatic carbocycles.